The molecule has 53 heavy (non-hydrogen) atoms. The Labute approximate surface area is 314 Å². The minimum atomic E-state index is -0.113. The SMILES string of the molecule is C=C(/C=C\C=C/C)c1ccccc1Nc1ccc2c(c1)oc1ccc(C(C)/N=C(\N=C(/C)c3ccc4sc5ccccc5c4c3)C3=CC=CCC3)cc12. The van der Waals surface area contributed by atoms with Crippen LogP contribution in [0.2, 0.25) is 0 Å². The van der Waals surface area contributed by atoms with E-state index in [1.807, 2.05) is 54.7 Å². The van der Waals surface area contributed by atoms with Crippen LogP contribution in [0.25, 0.3) is 47.7 Å². The smallest absolute Gasteiger partial charge is 0.151 e. The molecule has 0 aliphatic heterocycles. The predicted octanol–water partition coefficient (Wildman–Crippen LogP) is 14.1. The van der Waals surface area contributed by atoms with Gasteiger partial charge < -0.3 is 9.73 Å². The summed E-state index contributed by atoms with van der Waals surface area (Å²) in [5, 5.41) is 8.30. The highest BCUT2D eigenvalue weighted by atomic mass is 32.1. The Hall–Kier alpha value is -6.04. The number of aliphatic imine (C=N–C) groups is 2. The molecule has 0 spiro atoms. The summed E-state index contributed by atoms with van der Waals surface area (Å²) in [4.78, 5) is 10.5. The van der Waals surface area contributed by atoms with Gasteiger partial charge in [0.2, 0.25) is 0 Å². The van der Waals surface area contributed by atoms with Crippen molar-refractivity contribution >= 4 is 81.9 Å². The van der Waals surface area contributed by atoms with Crippen LogP contribution < -0.4 is 5.32 Å². The van der Waals surface area contributed by atoms with Gasteiger partial charge in [-0.15, -0.1) is 11.3 Å². The Morgan fingerprint density at radius 1 is 0.849 bits per heavy atom. The second-order valence-corrected chi connectivity index (χ2v) is 14.5. The van der Waals surface area contributed by atoms with Crippen LogP contribution in [-0.4, -0.2) is 11.5 Å². The summed E-state index contributed by atoms with van der Waals surface area (Å²) in [7, 11) is 0. The highest BCUT2D eigenvalue weighted by Crippen LogP contribution is 2.36. The van der Waals surface area contributed by atoms with Crippen molar-refractivity contribution in [2.45, 2.75) is 39.7 Å². The molecule has 0 fully saturated rings. The van der Waals surface area contributed by atoms with Gasteiger partial charge in [-0.2, -0.15) is 0 Å². The molecule has 1 atom stereocenters. The Morgan fingerprint density at radius 2 is 1.70 bits per heavy atom. The third-order valence-corrected chi connectivity index (χ3v) is 11.0. The van der Waals surface area contributed by atoms with Crippen molar-refractivity contribution in [3.05, 3.63) is 175 Å². The number of nitrogens with zero attached hydrogens (tertiary/aromatic N) is 2. The van der Waals surface area contributed by atoms with E-state index in [1.54, 1.807) is 0 Å². The molecule has 7 aromatic rings. The van der Waals surface area contributed by atoms with Crippen LogP contribution in [-0.2, 0) is 0 Å². The molecule has 0 saturated heterocycles. The molecule has 1 aliphatic carbocycles. The summed E-state index contributed by atoms with van der Waals surface area (Å²) in [5.74, 6) is 0.794. The molecular formula is C48H41N3OS. The zero-order valence-corrected chi connectivity index (χ0v) is 31.1. The summed E-state index contributed by atoms with van der Waals surface area (Å²) in [5.41, 5.74) is 9.96. The van der Waals surface area contributed by atoms with E-state index in [-0.39, 0.29) is 6.04 Å². The lowest BCUT2D eigenvalue weighted by Gasteiger charge is -2.14. The van der Waals surface area contributed by atoms with Gasteiger partial charge in [0.05, 0.1) is 6.04 Å². The summed E-state index contributed by atoms with van der Waals surface area (Å²) in [6.45, 7) is 10.5. The maximum absolute atomic E-state index is 6.39. The number of amidine groups is 1. The highest BCUT2D eigenvalue weighted by molar-refractivity contribution is 7.25. The van der Waals surface area contributed by atoms with Gasteiger partial charge in [0.1, 0.15) is 11.2 Å². The first-order valence-electron chi connectivity index (χ1n) is 18.2. The summed E-state index contributed by atoms with van der Waals surface area (Å²) in [6, 6.07) is 36.1. The number of hydrogen-bond donors (Lipinski definition) is 1. The molecule has 8 rings (SSSR count). The van der Waals surface area contributed by atoms with Gasteiger partial charge in [-0.25, -0.2) is 4.99 Å². The standard InChI is InChI=1S/C48H41N3OS/c1-5-6-8-15-31(2)38-18-11-13-20-43(38)51-37-24-25-39-41-28-35(22-26-44(41)52-45(39)30-37)32(3)49-48(34-16-9-7-10-17-34)50-33(4)36-23-27-47-42(29-36)40-19-12-14-21-46(40)53-47/h5-9,11-16,18-30,32,51H,2,10,17H2,1,3-4H3/b6-5-,15-8-,49-48-,50-33+. The number of furan rings is 1. The maximum atomic E-state index is 6.39. The van der Waals surface area contributed by atoms with E-state index < -0.39 is 0 Å². The van der Waals surface area contributed by atoms with Crippen LogP contribution in [0.1, 0.15) is 56.3 Å². The lowest BCUT2D eigenvalue weighted by molar-refractivity contribution is 0.668. The second kappa shape index (κ2) is 14.9. The molecule has 260 valence electrons. The van der Waals surface area contributed by atoms with Crippen molar-refractivity contribution in [1.82, 2.24) is 0 Å². The fraction of sp³-hybridized carbons (Fsp3) is 0.125. The number of rotatable bonds is 9. The molecule has 2 heterocycles. The molecule has 5 aromatic carbocycles. The zero-order valence-electron chi connectivity index (χ0n) is 30.3. The van der Waals surface area contributed by atoms with Crippen LogP contribution >= 0.6 is 11.3 Å². The van der Waals surface area contributed by atoms with Crippen molar-refractivity contribution in [2.24, 2.45) is 9.98 Å². The first-order valence-corrected chi connectivity index (χ1v) is 19.0. The lowest BCUT2D eigenvalue weighted by atomic mass is 10.0. The Kier molecular flexibility index (Phi) is 9.58. The van der Waals surface area contributed by atoms with Crippen molar-refractivity contribution in [3.8, 4) is 0 Å². The predicted molar refractivity (Wildman–Crippen MR) is 230 cm³/mol. The number of thiophene rings is 1. The van der Waals surface area contributed by atoms with Gasteiger partial charge in [-0.1, -0.05) is 97.6 Å². The van der Waals surface area contributed by atoms with Crippen LogP contribution in [0.3, 0.4) is 0 Å². The number of benzene rings is 5. The van der Waals surface area contributed by atoms with Gasteiger partial charge >= 0.3 is 0 Å². The average molecular weight is 708 g/mol. The third-order valence-electron chi connectivity index (χ3n) is 9.82. The maximum Gasteiger partial charge on any atom is 0.151 e. The highest BCUT2D eigenvalue weighted by Gasteiger charge is 2.16. The van der Waals surface area contributed by atoms with Crippen LogP contribution in [0, 0.1) is 0 Å². The molecule has 1 aliphatic rings. The molecule has 0 saturated carbocycles. The number of nitrogens with one attached hydrogen (secondary N) is 1. The molecule has 2 aromatic heterocycles. The summed E-state index contributed by atoms with van der Waals surface area (Å²) < 4.78 is 8.99. The molecule has 0 radical (unpaired) electrons. The van der Waals surface area contributed by atoms with E-state index >= 15 is 0 Å². The fourth-order valence-electron chi connectivity index (χ4n) is 6.94. The number of allylic oxidation sites excluding steroid dienone is 8. The van der Waals surface area contributed by atoms with Crippen molar-refractivity contribution in [1.29, 1.82) is 0 Å². The van der Waals surface area contributed by atoms with Gasteiger partial charge in [0, 0.05) is 59.7 Å². The van der Waals surface area contributed by atoms with Crippen LogP contribution in [0.5, 0.6) is 0 Å². The fourth-order valence-corrected chi connectivity index (χ4v) is 8.02. The van der Waals surface area contributed by atoms with Gasteiger partial charge in [0.15, 0.2) is 5.84 Å². The van der Waals surface area contributed by atoms with Crippen molar-refractivity contribution in [3.63, 3.8) is 0 Å². The van der Waals surface area contributed by atoms with Crippen molar-refractivity contribution < 1.29 is 4.42 Å². The number of hydrogen-bond acceptors (Lipinski definition) is 4. The van der Waals surface area contributed by atoms with E-state index in [4.69, 9.17) is 14.4 Å². The zero-order chi connectivity index (χ0) is 36.3. The van der Waals surface area contributed by atoms with Gasteiger partial charge in [0.25, 0.3) is 0 Å². The van der Waals surface area contributed by atoms with E-state index in [0.29, 0.717) is 0 Å². The topological polar surface area (TPSA) is 49.9 Å². The number of anilines is 2. The minimum Gasteiger partial charge on any atom is -0.456 e. The van der Waals surface area contributed by atoms with Gasteiger partial charge in [-0.05, 0) is 104 Å². The molecule has 0 amide bonds. The second-order valence-electron chi connectivity index (χ2n) is 13.4. The van der Waals surface area contributed by atoms with Crippen LogP contribution in [0.15, 0.2) is 172 Å². The molecule has 1 N–H and O–H groups in total. The molecule has 1 unspecified atom stereocenters. The average Bonchev–Trinajstić information content (AvgIpc) is 3.75. The Bertz CT molecular complexity index is 2710. The van der Waals surface area contributed by atoms with E-state index in [9.17, 15) is 0 Å². The summed E-state index contributed by atoms with van der Waals surface area (Å²) >= 11 is 1.83. The molecular weight excluding hydrogens is 667 g/mol. The van der Waals surface area contributed by atoms with E-state index in [2.05, 4.69) is 135 Å². The lowest BCUT2D eigenvalue weighted by Crippen LogP contribution is -2.08. The van der Waals surface area contributed by atoms with Gasteiger partial charge in [-0.3, -0.25) is 4.99 Å². The van der Waals surface area contributed by atoms with E-state index in [0.717, 1.165) is 85.5 Å². The summed E-state index contributed by atoms with van der Waals surface area (Å²) in [6.07, 6.45) is 16.4. The molecule has 4 nitrogen and oxygen atoms in total. The van der Waals surface area contributed by atoms with Crippen LogP contribution in [0.4, 0.5) is 11.4 Å². The number of para-hydroxylation sites is 1. The van der Waals surface area contributed by atoms with E-state index in [1.165, 1.54) is 20.2 Å². The Balaban J connectivity index is 1.10. The quantitative estimate of drug-likeness (QED) is 0.0922. The minimum absolute atomic E-state index is 0.113. The number of fused-ring (bicyclic) bond motifs is 6. The first-order chi connectivity index (χ1) is 25.9. The molecule has 0 bridgehead atoms. The van der Waals surface area contributed by atoms with Crippen molar-refractivity contribution in [2.75, 3.05) is 5.32 Å². The monoisotopic (exact) mass is 707 g/mol. The first kappa shape index (κ1) is 34.1. The normalized spacial score (nSPS) is 14.7. The Morgan fingerprint density at radius 3 is 2.57 bits per heavy atom. The third kappa shape index (κ3) is 7.09. The molecule has 5 heteroatoms. The largest absolute Gasteiger partial charge is 0.456 e.